The highest BCUT2D eigenvalue weighted by atomic mass is 32.1. The Balaban J connectivity index is 1.73. The van der Waals surface area contributed by atoms with Gasteiger partial charge in [-0.05, 0) is 41.1 Å². The number of rotatable bonds is 4. The van der Waals surface area contributed by atoms with Crippen molar-refractivity contribution in [3.63, 3.8) is 0 Å². The first-order valence-electron chi connectivity index (χ1n) is 8.53. The van der Waals surface area contributed by atoms with Gasteiger partial charge in [0, 0.05) is 0 Å². The predicted molar refractivity (Wildman–Crippen MR) is 115 cm³/mol. The molecule has 28 heavy (non-hydrogen) atoms. The summed E-state index contributed by atoms with van der Waals surface area (Å²) >= 11 is 3.28. The minimum Gasteiger partial charge on any atom is -0.380 e. The molecule has 0 bridgehead atoms. The lowest BCUT2D eigenvalue weighted by atomic mass is 10.2. The quantitative estimate of drug-likeness (QED) is 0.364. The van der Waals surface area contributed by atoms with Gasteiger partial charge >= 0.3 is 0 Å². The zero-order valence-corrected chi connectivity index (χ0v) is 16.2. The Labute approximate surface area is 168 Å². The molecule has 6 nitrogen and oxygen atoms in total. The van der Waals surface area contributed by atoms with E-state index < -0.39 is 0 Å². The van der Waals surface area contributed by atoms with Crippen LogP contribution < -0.4 is 5.73 Å². The molecule has 5 aromatic rings. The SMILES string of the molecule is Nc1nn2c(-c3cccs3)cc(-c3cccs3)nc2c1N=Nc1ccccc1. The average Bonchev–Trinajstić information content (AvgIpc) is 3.48. The molecule has 0 aliphatic heterocycles. The van der Waals surface area contributed by atoms with Gasteiger partial charge in [0.05, 0.1) is 26.8 Å². The third kappa shape index (κ3) is 2.98. The molecule has 0 aliphatic carbocycles. The lowest BCUT2D eigenvalue weighted by molar-refractivity contribution is 0.958. The number of hydrogen-bond donors (Lipinski definition) is 1. The Morgan fingerprint density at radius 1 is 0.857 bits per heavy atom. The third-order valence-corrected chi connectivity index (χ3v) is 5.94. The number of hydrogen-bond acceptors (Lipinski definition) is 7. The molecule has 1 aromatic carbocycles. The minimum atomic E-state index is 0.299. The van der Waals surface area contributed by atoms with Crippen molar-refractivity contribution >= 4 is 45.5 Å². The number of azo groups is 1. The van der Waals surface area contributed by atoms with Gasteiger partial charge < -0.3 is 5.73 Å². The number of aromatic nitrogens is 3. The van der Waals surface area contributed by atoms with Crippen LogP contribution >= 0.6 is 22.7 Å². The van der Waals surface area contributed by atoms with Crippen molar-refractivity contribution in [1.82, 2.24) is 14.6 Å². The van der Waals surface area contributed by atoms with Gasteiger partial charge in [-0.2, -0.15) is 5.11 Å². The van der Waals surface area contributed by atoms with Crippen LogP contribution in [0.25, 0.3) is 26.8 Å². The summed E-state index contributed by atoms with van der Waals surface area (Å²) in [5.74, 6) is 0.299. The second-order valence-corrected chi connectivity index (χ2v) is 7.88. The van der Waals surface area contributed by atoms with E-state index in [-0.39, 0.29) is 0 Å². The molecule has 4 heterocycles. The molecule has 0 amide bonds. The van der Waals surface area contributed by atoms with Crippen LogP contribution in [0.1, 0.15) is 0 Å². The van der Waals surface area contributed by atoms with E-state index in [1.807, 2.05) is 65.4 Å². The van der Waals surface area contributed by atoms with Crippen molar-refractivity contribution in [2.24, 2.45) is 10.2 Å². The van der Waals surface area contributed by atoms with Gasteiger partial charge in [0.2, 0.25) is 0 Å². The molecule has 0 aliphatic rings. The van der Waals surface area contributed by atoms with Crippen LogP contribution in [0, 0.1) is 0 Å². The van der Waals surface area contributed by atoms with Crippen LogP contribution in [-0.4, -0.2) is 14.6 Å². The highest BCUT2D eigenvalue weighted by Gasteiger charge is 2.18. The Kier molecular flexibility index (Phi) is 4.19. The van der Waals surface area contributed by atoms with Gasteiger partial charge in [-0.15, -0.1) is 32.9 Å². The van der Waals surface area contributed by atoms with Gasteiger partial charge in [0.15, 0.2) is 17.2 Å². The molecule has 0 radical (unpaired) electrons. The summed E-state index contributed by atoms with van der Waals surface area (Å²) in [6.07, 6.45) is 0. The summed E-state index contributed by atoms with van der Waals surface area (Å²) in [6.45, 7) is 0. The van der Waals surface area contributed by atoms with Crippen LogP contribution in [0.15, 0.2) is 81.7 Å². The molecule has 4 aromatic heterocycles. The van der Waals surface area contributed by atoms with Crippen molar-refractivity contribution in [3.05, 3.63) is 71.4 Å². The molecular weight excluding hydrogens is 388 g/mol. The molecule has 0 atom stereocenters. The fourth-order valence-electron chi connectivity index (χ4n) is 2.87. The third-order valence-electron chi connectivity index (χ3n) is 4.16. The normalized spacial score (nSPS) is 11.6. The summed E-state index contributed by atoms with van der Waals surface area (Å²) < 4.78 is 1.75. The van der Waals surface area contributed by atoms with Crippen LogP contribution in [0.4, 0.5) is 17.2 Å². The second kappa shape index (κ2) is 6.99. The van der Waals surface area contributed by atoms with E-state index in [0.717, 1.165) is 26.8 Å². The zero-order valence-electron chi connectivity index (χ0n) is 14.6. The van der Waals surface area contributed by atoms with Crippen molar-refractivity contribution in [3.8, 4) is 21.1 Å². The fourth-order valence-corrected chi connectivity index (χ4v) is 4.28. The van der Waals surface area contributed by atoms with Crippen LogP contribution in [0.5, 0.6) is 0 Å². The summed E-state index contributed by atoms with van der Waals surface area (Å²) in [5.41, 5.74) is 9.79. The van der Waals surface area contributed by atoms with Gasteiger partial charge in [-0.3, -0.25) is 0 Å². The van der Waals surface area contributed by atoms with Crippen LogP contribution in [0.3, 0.4) is 0 Å². The van der Waals surface area contributed by atoms with Crippen LogP contribution in [-0.2, 0) is 0 Å². The summed E-state index contributed by atoms with van der Waals surface area (Å²) in [5, 5.41) is 17.2. The Hall–Kier alpha value is -3.36. The largest absolute Gasteiger partial charge is 0.380 e. The van der Waals surface area contributed by atoms with Gasteiger partial charge in [-0.25, -0.2) is 9.50 Å². The molecule has 0 spiro atoms. The first-order chi connectivity index (χ1) is 13.8. The topological polar surface area (TPSA) is 80.9 Å². The average molecular weight is 403 g/mol. The van der Waals surface area contributed by atoms with E-state index in [1.54, 1.807) is 27.2 Å². The maximum atomic E-state index is 6.19. The molecule has 136 valence electrons. The lowest BCUT2D eigenvalue weighted by Gasteiger charge is -2.05. The van der Waals surface area contributed by atoms with Gasteiger partial charge in [0.25, 0.3) is 0 Å². The minimum absolute atomic E-state index is 0.299. The van der Waals surface area contributed by atoms with Gasteiger partial charge in [-0.1, -0.05) is 30.3 Å². The molecule has 2 N–H and O–H groups in total. The van der Waals surface area contributed by atoms with E-state index in [4.69, 9.17) is 10.7 Å². The molecule has 0 saturated carbocycles. The Morgan fingerprint density at radius 2 is 1.61 bits per heavy atom. The molecule has 0 unspecified atom stereocenters. The van der Waals surface area contributed by atoms with Crippen molar-refractivity contribution in [1.29, 1.82) is 0 Å². The molecule has 0 saturated heterocycles. The Bertz CT molecular complexity index is 1260. The van der Waals surface area contributed by atoms with Crippen molar-refractivity contribution < 1.29 is 0 Å². The number of nitrogens with two attached hydrogens (primary N) is 1. The first-order valence-corrected chi connectivity index (χ1v) is 10.3. The highest BCUT2D eigenvalue weighted by molar-refractivity contribution is 7.14. The van der Waals surface area contributed by atoms with Crippen LogP contribution in [0.2, 0.25) is 0 Å². The number of nitrogen functional groups attached to an aromatic ring is 1. The summed E-state index contributed by atoms with van der Waals surface area (Å²) in [6, 6.07) is 19.7. The first kappa shape index (κ1) is 16.8. The predicted octanol–water partition coefficient (Wildman–Crippen LogP) is 6.18. The molecule has 0 fully saturated rings. The molecule has 8 heteroatoms. The smallest absolute Gasteiger partial charge is 0.186 e. The summed E-state index contributed by atoms with van der Waals surface area (Å²) in [4.78, 5) is 6.96. The van der Waals surface area contributed by atoms with Gasteiger partial charge in [0.1, 0.15) is 0 Å². The number of nitrogens with zero attached hydrogens (tertiary/aromatic N) is 5. The van der Waals surface area contributed by atoms with Crippen molar-refractivity contribution in [2.45, 2.75) is 0 Å². The zero-order chi connectivity index (χ0) is 18.9. The van der Waals surface area contributed by atoms with Crippen molar-refractivity contribution in [2.75, 3.05) is 5.73 Å². The maximum absolute atomic E-state index is 6.19. The highest BCUT2D eigenvalue weighted by Crippen LogP contribution is 2.36. The molecular formula is C20H14N6S2. The fraction of sp³-hybridized carbons (Fsp3) is 0. The maximum Gasteiger partial charge on any atom is 0.186 e. The second-order valence-electron chi connectivity index (χ2n) is 5.99. The van der Waals surface area contributed by atoms with E-state index in [0.29, 0.717) is 17.2 Å². The number of thiophene rings is 2. The number of benzene rings is 1. The Morgan fingerprint density at radius 3 is 2.32 bits per heavy atom. The van der Waals surface area contributed by atoms with E-state index in [9.17, 15) is 0 Å². The number of fused-ring (bicyclic) bond motifs is 1. The summed E-state index contributed by atoms with van der Waals surface area (Å²) in [7, 11) is 0. The van der Waals surface area contributed by atoms with E-state index in [2.05, 4.69) is 21.4 Å². The van der Waals surface area contributed by atoms with E-state index >= 15 is 0 Å². The van der Waals surface area contributed by atoms with E-state index in [1.165, 1.54) is 0 Å². The lowest BCUT2D eigenvalue weighted by Crippen LogP contribution is -1.97. The number of anilines is 1. The molecule has 5 rings (SSSR count). The standard InChI is InChI=1S/C20H14N6S2/c21-19-18(24-23-13-6-2-1-3-7-13)20-22-14(16-8-4-10-27-16)12-15(26(20)25-19)17-9-5-11-28-17/h1-12H,(H2,21,25). The monoisotopic (exact) mass is 402 g/mol.